The largest absolute Gasteiger partial charge is 0.383 e. The molecule has 2 aromatic rings. The molecular formula is C20H26N6O3. The first-order valence-electron chi connectivity index (χ1n) is 10.0. The van der Waals surface area contributed by atoms with Crippen LogP contribution in [-0.4, -0.2) is 70.0 Å². The Kier molecular flexibility index (Phi) is 5.57. The number of aromatic nitrogens is 4. The molecule has 2 aliphatic rings. The molecule has 9 heteroatoms. The summed E-state index contributed by atoms with van der Waals surface area (Å²) in [5, 5.41) is 11.0. The molecule has 2 aromatic heterocycles. The topological polar surface area (TPSA) is 102 Å². The maximum atomic E-state index is 12.7. The zero-order valence-corrected chi connectivity index (χ0v) is 16.6. The van der Waals surface area contributed by atoms with Gasteiger partial charge in [-0.2, -0.15) is 0 Å². The second kappa shape index (κ2) is 8.28. The minimum absolute atomic E-state index is 0.0413. The van der Waals surface area contributed by atoms with Crippen LogP contribution in [0.4, 0.5) is 0 Å². The Bertz CT molecular complexity index is 860. The zero-order chi connectivity index (χ0) is 20.3. The van der Waals surface area contributed by atoms with Gasteiger partial charge in [-0.1, -0.05) is 5.21 Å². The number of likely N-dealkylation sites (tertiary alicyclic amines) is 1. The highest BCUT2D eigenvalue weighted by Gasteiger charge is 2.50. The van der Waals surface area contributed by atoms with Crippen molar-refractivity contribution in [3.8, 4) is 0 Å². The number of carbonyl (C=O) groups is 2. The van der Waals surface area contributed by atoms with Crippen LogP contribution in [0.25, 0.3) is 0 Å². The summed E-state index contributed by atoms with van der Waals surface area (Å²) in [7, 11) is 1.59. The van der Waals surface area contributed by atoms with Crippen molar-refractivity contribution >= 4 is 11.8 Å². The summed E-state index contributed by atoms with van der Waals surface area (Å²) in [6.45, 7) is 2.35. The number of ether oxygens (including phenoxy) is 1. The van der Waals surface area contributed by atoms with Crippen LogP contribution >= 0.6 is 0 Å². The van der Waals surface area contributed by atoms with E-state index >= 15 is 0 Å². The fraction of sp³-hybridized carbons (Fsp3) is 0.550. The van der Waals surface area contributed by atoms with Crippen LogP contribution in [0.2, 0.25) is 0 Å². The first kappa shape index (κ1) is 19.5. The monoisotopic (exact) mass is 398 g/mol. The third-order valence-electron chi connectivity index (χ3n) is 6.23. The van der Waals surface area contributed by atoms with Crippen LogP contribution in [0.3, 0.4) is 0 Å². The molecular weight excluding hydrogens is 372 g/mol. The van der Waals surface area contributed by atoms with E-state index in [0.29, 0.717) is 24.4 Å². The lowest BCUT2D eigenvalue weighted by molar-refractivity contribution is -0.0268. The lowest BCUT2D eigenvalue weighted by Gasteiger charge is -2.53. The number of hydrogen-bond acceptors (Lipinski definition) is 6. The van der Waals surface area contributed by atoms with Crippen LogP contribution in [0.5, 0.6) is 0 Å². The first-order chi connectivity index (χ1) is 14.1. The number of hydrogen-bond donors (Lipinski definition) is 1. The number of nitrogens with one attached hydrogen (secondary N) is 1. The molecule has 2 fully saturated rings. The molecule has 1 aliphatic carbocycles. The summed E-state index contributed by atoms with van der Waals surface area (Å²) in [6.07, 6.45) is 9.02. The van der Waals surface area contributed by atoms with Crippen LogP contribution < -0.4 is 5.32 Å². The van der Waals surface area contributed by atoms with Crippen LogP contribution in [-0.2, 0) is 4.74 Å². The summed E-state index contributed by atoms with van der Waals surface area (Å²) >= 11 is 0. The average molecular weight is 398 g/mol. The SMILES string of the molecule is COCCNC(=O)c1cn(C2CCC23CCN(C(=O)c2cccnc2)CC3)nn1. The molecule has 29 heavy (non-hydrogen) atoms. The number of methoxy groups -OCH3 is 1. The third kappa shape index (κ3) is 3.87. The molecule has 1 atom stereocenters. The predicted octanol–water partition coefficient (Wildman–Crippen LogP) is 1.31. The van der Waals surface area contributed by atoms with Crippen LogP contribution in [0.1, 0.15) is 52.6 Å². The van der Waals surface area contributed by atoms with E-state index in [1.54, 1.807) is 37.8 Å². The Morgan fingerprint density at radius 2 is 2.14 bits per heavy atom. The fourth-order valence-electron chi connectivity index (χ4n) is 4.40. The molecule has 1 saturated carbocycles. The molecule has 0 bridgehead atoms. The quantitative estimate of drug-likeness (QED) is 0.736. The fourth-order valence-corrected chi connectivity index (χ4v) is 4.40. The third-order valence-corrected chi connectivity index (χ3v) is 6.23. The number of piperidine rings is 1. The number of rotatable bonds is 6. The Balaban J connectivity index is 1.36. The molecule has 1 spiro atoms. The van der Waals surface area contributed by atoms with E-state index in [-0.39, 0.29) is 23.3 Å². The van der Waals surface area contributed by atoms with Crippen molar-refractivity contribution in [1.82, 2.24) is 30.2 Å². The van der Waals surface area contributed by atoms with E-state index in [1.807, 2.05) is 9.58 Å². The van der Waals surface area contributed by atoms with Crippen molar-refractivity contribution in [3.05, 3.63) is 42.0 Å². The van der Waals surface area contributed by atoms with Gasteiger partial charge in [0.25, 0.3) is 11.8 Å². The van der Waals surface area contributed by atoms with E-state index in [4.69, 9.17) is 4.74 Å². The molecule has 1 unspecified atom stereocenters. The summed E-state index contributed by atoms with van der Waals surface area (Å²) in [5.74, 6) is -0.196. The highest BCUT2D eigenvalue weighted by atomic mass is 16.5. The summed E-state index contributed by atoms with van der Waals surface area (Å²) in [6, 6.07) is 3.82. The van der Waals surface area contributed by atoms with Crippen molar-refractivity contribution in [2.75, 3.05) is 33.4 Å². The van der Waals surface area contributed by atoms with Gasteiger partial charge in [-0.15, -0.1) is 5.10 Å². The van der Waals surface area contributed by atoms with Gasteiger partial charge in [0.1, 0.15) is 0 Å². The lowest BCUT2D eigenvalue weighted by atomic mass is 9.59. The molecule has 3 heterocycles. The van der Waals surface area contributed by atoms with Gasteiger partial charge < -0.3 is 15.0 Å². The number of carbonyl (C=O) groups excluding carboxylic acids is 2. The molecule has 154 valence electrons. The second-order valence-electron chi connectivity index (χ2n) is 7.78. The van der Waals surface area contributed by atoms with Gasteiger partial charge in [0, 0.05) is 39.1 Å². The lowest BCUT2D eigenvalue weighted by Crippen LogP contribution is -2.51. The Hall–Kier alpha value is -2.81. The van der Waals surface area contributed by atoms with Crippen molar-refractivity contribution in [3.63, 3.8) is 0 Å². The van der Waals surface area contributed by atoms with Crippen LogP contribution in [0.15, 0.2) is 30.7 Å². The Morgan fingerprint density at radius 3 is 2.79 bits per heavy atom. The molecule has 0 radical (unpaired) electrons. The minimum atomic E-state index is -0.237. The van der Waals surface area contributed by atoms with Crippen LogP contribution in [0, 0.1) is 5.41 Å². The molecule has 1 saturated heterocycles. The molecule has 4 rings (SSSR count). The molecule has 9 nitrogen and oxygen atoms in total. The Morgan fingerprint density at radius 1 is 1.31 bits per heavy atom. The van der Waals surface area contributed by atoms with E-state index in [2.05, 4.69) is 20.6 Å². The number of pyridine rings is 1. The van der Waals surface area contributed by atoms with Gasteiger partial charge in [0.2, 0.25) is 0 Å². The van der Waals surface area contributed by atoms with Gasteiger partial charge in [-0.3, -0.25) is 14.6 Å². The average Bonchev–Trinajstić information content (AvgIpc) is 3.22. The van der Waals surface area contributed by atoms with Crippen molar-refractivity contribution < 1.29 is 14.3 Å². The highest BCUT2D eigenvalue weighted by molar-refractivity contribution is 5.94. The van der Waals surface area contributed by atoms with Gasteiger partial charge in [0.05, 0.1) is 24.4 Å². The zero-order valence-electron chi connectivity index (χ0n) is 16.6. The summed E-state index contributed by atoms with van der Waals surface area (Å²) in [5.41, 5.74) is 1.09. The van der Waals surface area contributed by atoms with Gasteiger partial charge in [0.15, 0.2) is 5.69 Å². The van der Waals surface area contributed by atoms with Crippen molar-refractivity contribution in [1.29, 1.82) is 0 Å². The number of amides is 2. The highest BCUT2D eigenvalue weighted by Crippen LogP contribution is 2.56. The van der Waals surface area contributed by atoms with Gasteiger partial charge in [-0.05, 0) is 43.2 Å². The smallest absolute Gasteiger partial charge is 0.273 e. The molecule has 1 aliphatic heterocycles. The number of nitrogens with zero attached hydrogens (tertiary/aromatic N) is 5. The van der Waals surface area contributed by atoms with Gasteiger partial charge >= 0.3 is 0 Å². The van der Waals surface area contributed by atoms with E-state index in [1.165, 1.54) is 0 Å². The minimum Gasteiger partial charge on any atom is -0.383 e. The van der Waals surface area contributed by atoms with Crippen molar-refractivity contribution in [2.45, 2.75) is 31.7 Å². The van der Waals surface area contributed by atoms with Gasteiger partial charge in [-0.25, -0.2) is 4.68 Å². The van der Waals surface area contributed by atoms with E-state index in [9.17, 15) is 9.59 Å². The molecule has 1 N–H and O–H groups in total. The Labute approximate surface area is 169 Å². The molecule has 0 aromatic carbocycles. The summed E-state index contributed by atoms with van der Waals surface area (Å²) < 4.78 is 6.78. The first-order valence-corrected chi connectivity index (χ1v) is 10.0. The maximum Gasteiger partial charge on any atom is 0.273 e. The van der Waals surface area contributed by atoms with Crippen molar-refractivity contribution in [2.24, 2.45) is 5.41 Å². The molecule has 2 amide bonds. The second-order valence-corrected chi connectivity index (χ2v) is 7.78. The standard InChI is InChI=1S/C20H26N6O3/c1-29-12-9-22-18(27)16-14-26(24-23-16)17-4-5-20(17)6-10-25(11-7-20)19(28)15-3-2-8-21-13-15/h2-3,8,13-14,17H,4-7,9-12H2,1H3,(H,22,27). The van der Waals surface area contributed by atoms with E-state index in [0.717, 1.165) is 38.8 Å². The normalized spacial score (nSPS) is 20.3. The van der Waals surface area contributed by atoms with E-state index < -0.39 is 0 Å². The summed E-state index contributed by atoms with van der Waals surface area (Å²) in [4.78, 5) is 30.8. The predicted molar refractivity (Wildman–Crippen MR) is 104 cm³/mol. The maximum absolute atomic E-state index is 12.7.